The van der Waals surface area contributed by atoms with Gasteiger partial charge in [0.05, 0.1) is 17.6 Å². The summed E-state index contributed by atoms with van der Waals surface area (Å²) < 4.78 is 0. The molecular formula is C8H9ClN2O3. The molecule has 76 valence electrons. The first-order chi connectivity index (χ1) is 6.56. The van der Waals surface area contributed by atoms with Gasteiger partial charge < -0.3 is 10.8 Å². The zero-order valence-corrected chi connectivity index (χ0v) is 7.94. The molecule has 0 bridgehead atoms. The highest BCUT2D eigenvalue weighted by atomic mass is 35.5. The van der Waals surface area contributed by atoms with Crippen LogP contribution < -0.4 is 5.73 Å². The third-order valence-corrected chi connectivity index (χ3v) is 2.10. The molecule has 0 aromatic heterocycles. The lowest BCUT2D eigenvalue weighted by Gasteiger charge is -2.08. The number of hydrogen-bond acceptors (Lipinski definition) is 4. The summed E-state index contributed by atoms with van der Waals surface area (Å²) in [5, 5.41) is 19.2. The van der Waals surface area contributed by atoms with Crippen LogP contribution in [-0.4, -0.2) is 16.6 Å². The van der Waals surface area contributed by atoms with Crippen LogP contribution in [0.4, 0.5) is 5.69 Å². The van der Waals surface area contributed by atoms with Crippen LogP contribution in [-0.2, 0) is 0 Å². The largest absolute Gasteiger partial charge is 0.394 e. The molecule has 6 heteroatoms. The second-order valence-corrected chi connectivity index (χ2v) is 3.16. The van der Waals surface area contributed by atoms with Gasteiger partial charge in [-0.3, -0.25) is 10.1 Å². The second-order valence-electron chi connectivity index (χ2n) is 2.76. The molecule has 0 heterocycles. The molecule has 1 unspecified atom stereocenters. The van der Waals surface area contributed by atoms with E-state index in [1.54, 1.807) is 0 Å². The molecule has 0 saturated heterocycles. The number of nitro groups is 1. The van der Waals surface area contributed by atoms with Gasteiger partial charge in [-0.2, -0.15) is 0 Å². The van der Waals surface area contributed by atoms with Crippen LogP contribution in [0.25, 0.3) is 0 Å². The molecule has 0 saturated carbocycles. The van der Waals surface area contributed by atoms with Crippen LogP contribution in [0.2, 0.25) is 5.02 Å². The maximum Gasteiger partial charge on any atom is 0.287 e. The minimum atomic E-state index is -0.573. The van der Waals surface area contributed by atoms with E-state index < -0.39 is 11.0 Å². The summed E-state index contributed by atoms with van der Waals surface area (Å²) in [6.45, 7) is -0.228. The van der Waals surface area contributed by atoms with Gasteiger partial charge in [0.15, 0.2) is 0 Å². The Bertz CT molecular complexity index is 356. The van der Waals surface area contributed by atoms with Crippen LogP contribution in [0, 0.1) is 10.1 Å². The Morgan fingerprint density at radius 3 is 2.71 bits per heavy atom. The minimum Gasteiger partial charge on any atom is -0.394 e. The molecule has 0 radical (unpaired) electrons. The molecule has 1 aromatic carbocycles. The zero-order valence-electron chi connectivity index (χ0n) is 7.18. The van der Waals surface area contributed by atoms with Crippen LogP contribution in [0.15, 0.2) is 18.2 Å². The average molecular weight is 217 g/mol. The van der Waals surface area contributed by atoms with Crippen molar-refractivity contribution < 1.29 is 10.0 Å². The first kappa shape index (κ1) is 10.9. The number of benzene rings is 1. The lowest BCUT2D eigenvalue weighted by Crippen LogP contribution is -2.14. The Hall–Kier alpha value is -1.17. The lowest BCUT2D eigenvalue weighted by atomic mass is 10.1. The minimum absolute atomic E-state index is 0.0244. The fraction of sp³-hybridized carbons (Fsp3) is 0.250. The second kappa shape index (κ2) is 4.36. The highest BCUT2D eigenvalue weighted by Crippen LogP contribution is 2.26. The van der Waals surface area contributed by atoms with Gasteiger partial charge in [0.1, 0.15) is 5.02 Å². The van der Waals surface area contributed by atoms with E-state index >= 15 is 0 Å². The topological polar surface area (TPSA) is 89.4 Å². The predicted molar refractivity (Wildman–Crippen MR) is 52.1 cm³/mol. The number of hydrogen-bond donors (Lipinski definition) is 2. The number of nitrogens with zero attached hydrogens (tertiary/aromatic N) is 1. The third kappa shape index (κ3) is 2.20. The average Bonchev–Trinajstić information content (AvgIpc) is 2.15. The number of aliphatic hydroxyl groups excluding tert-OH is 1. The van der Waals surface area contributed by atoms with E-state index in [0.29, 0.717) is 5.56 Å². The van der Waals surface area contributed by atoms with E-state index in [1.165, 1.54) is 18.2 Å². The van der Waals surface area contributed by atoms with E-state index in [4.69, 9.17) is 22.4 Å². The van der Waals surface area contributed by atoms with Gasteiger partial charge in [-0.05, 0) is 11.6 Å². The molecule has 0 fully saturated rings. The Balaban J connectivity index is 3.06. The highest BCUT2D eigenvalue weighted by Gasteiger charge is 2.14. The first-order valence-electron chi connectivity index (χ1n) is 3.86. The molecular weight excluding hydrogens is 208 g/mol. The van der Waals surface area contributed by atoms with Crippen LogP contribution in [0.5, 0.6) is 0 Å². The van der Waals surface area contributed by atoms with E-state index in [1.807, 2.05) is 0 Å². The summed E-state index contributed by atoms with van der Waals surface area (Å²) in [6, 6.07) is 3.58. The standard InChI is InChI=1S/C8H9ClN2O3/c9-6-3-5(7(10)4-12)1-2-8(6)11(13)14/h1-3,7,12H,4,10H2. The maximum absolute atomic E-state index is 10.4. The molecule has 5 nitrogen and oxygen atoms in total. The maximum atomic E-state index is 10.4. The normalized spacial score (nSPS) is 12.5. The van der Waals surface area contributed by atoms with Crippen molar-refractivity contribution in [1.29, 1.82) is 0 Å². The van der Waals surface area contributed by atoms with Gasteiger partial charge in [0.25, 0.3) is 5.69 Å². The quantitative estimate of drug-likeness (QED) is 0.588. The molecule has 14 heavy (non-hydrogen) atoms. The van der Waals surface area contributed by atoms with Gasteiger partial charge >= 0.3 is 0 Å². The molecule has 0 aliphatic carbocycles. The predicted octanol–water partition coefficient (Wildman–Crippen LogP) is 1.24. The number of nitrogens with two attached hydrogens (primary N) is 1. The van der Waals surface area contributed by atoms with Gasteiger partial charge in [-0.25, -0.2) is 0 Å². The summed E-state index contributed by atoms with van der Waals surface area (Å²) in [7, 11) is 0. The summed E-state index contributed by atoms with van der Waals surface area (Å²) in [4.78, 5) is 9.84. The van der Waals surface area contributed by atoms with Crippen molar-refractivity contribution in [3.63, 3.8) is 0 Å². The van der Waals surface area contributed by atoms with Crippen molar-refractivity contribution in [3.05, 3.63) is 38.9 Å². The van der Waals surface area contributed by atoms with Crippen molar-refractivity contribution in [1.82, 2.24) is 0 Å². The summed E-state index contributed by atoms with van der Waals surface area (Å²) in [6.07, 6.45) is 0. The van der Waals surface area contributed by atoms with Gasteiger partial charge in [0, 0.05) is 6.07 Å². The smallest absolute Gasteiger partial charge is 0.287 e. The van der Waals surface area contributed by atoms with Crippen LogP contribution >= 0.6 is 11.6 Å². The molecule has 1 aromatic rings. The molecule has 1 rings (SSSR count). The fourth-order valence-corrected chi connectivity index (χ4v) is 1.27. The summed E-state index contributed by atoms with van der Waals surface area (Å²) in [5.41, 5.74) is 5.92. The van der Waals surface area contributed by atoms with E-state index in [2.05, 4.69) is 0 Å². The van der Waals surface area contributed by atoms with Crippen LogP contribution in [0.3, 0.4) is 0 Å². The van der Waals surface area contributed by atoms with E-state index in [9.17, 15) is 10.1 Å². The van der Waals surface area contributed by atoms with Gasteiger partial charge in [-0.1, -0.05) is 17.7 Å². The van der Waals surface area contributed by atoms with E-state index in [-0.39, 0.29) is 17.3 Å². The van der Waals surface area contributed by atoms with Crippen molar-refractivity contribution in [3.8, 4) is 0 Å². The SMILES string of the molecule is NC(CO)c1ccc([N+](=O)[O-])c(Cl)c1. The molecule has 0 aliphatic heterocycles. The lowest BCUT2D eigenvalue weighted by molar-refractivity contribution is -0.384. The molecule has 3 N–H and O–H groups in total. The number of aliphatic hydroxyl groups is 1. The van der Waals surface area contributed by atoms with Crippen LogP contribution in [0.1, 0.15) is 11.6 Å². The molecule has 0 spiro atoms. The number of rotatable bonds is 3. The number of halogens is 1. The van der Waals surface area contributed by atoms with Crippen molar-refractivity contribution in [2.24, 2.45) is 5.73 Å². The van der Waals surface area contributed by atoms with E-state index in [0.717, 1.165) is 0 Å². The first-order valence-corrected chi connectivity index (χ1v) is 4.24. The van der Waals surface area contributed by atoms with Crippen molar-refractivity contribution in [2.75, 3.05) is 6.61 Å². The van der Waals surface area contributed by atoms with Crippen molar-refractivity contribution >= 4 is 17.3 Å². The third-order valence-electron chi connectivity index (χ3n) is 1.79. The van der Waals surface area contributed by atoms with Crippen molar-refractivity contribution in [2.45, 2.75) is 6.04 Å². The number of nitro benzene ring substituents is 1. The Kier molecular flexibility index (Phi) is 3.40. The Labute approximate surface area is 85.3 Å². The summed E-state index contributed by atoms with van der Waals surface area (Å²) >= 11 is 5.65. The highest BCUT2D eigenvalue weighted by molar-refractivity contribution is 6.32. The monoisotopic (exact) mass is 216 g/mol. The van der Waals surface area contributed by atoms with Gasteiger partial charge in [0.2, 0.25) is 0 Å². The van der Waals surface area contributed by atoms with Gasteiger partial charge in [-0.15, -0.1) is 0 Å². The Morgan fingerprint density at radius 2 is 2.29 bits per heavy atom. The Morgan fingerprint density at radius 1 is 1.64 bits per heavy atom. The molecule has 1 atom stereocenters. The fourth-order valence-electron chi connectivity index (χ4n) is 1.01. The zero-order chi connectivity index (χ0) is 10.7. The summed E-state index contributed by atoms with van der Waals surface area (Å²) in [5.74, 6) is 0. The molecule has 0 amide bonds. The molecule has 0 aliphatic rings.